The van der Waals surface area contributed by atoms with E-state index in [1.165, 1.54) is 12.1 Å². The maximum absolute atomic E-state index is 5.44. The van der Waals surface area contributed by atoms with Crippen LogP contribution in [0.25, 0.3) is 0 Å². The Morgan fingerprint density at radius 2 is 2.57 bits per heavy atom. The number of hydrogen-bond donors (Lipinski definition) is 1. The molecule has 80 valence electrons. The third kappa shape index (κ3) is 2.80. The predicted molar refractivity (Wildman–Crippen MR) is 57.4 cm³/mol. The van der Waals surface area contributed by atoms with Gasteiger partial charge in [-0.05, 0) is 18.9 Å². The zero-order valence-electron chi connectivity index (χ0n) is 8.96. The van der Waals surface area contributed by atoms with Crippen LogP contribution in [0.2, 0.25) is 0 Å². The van der Waals surface area contributed by atoms with Crippen molar-refractivity contribution in [2.45, 2.75) is 19.4 Å². The van der Waals surface area contributed by atoms with Crippen LogP contribution in [0.5, 0.6) is 0 Å². The Balaban J connectivity index is 1.80. The van der Waals surface area contributed by atoms with Crippen LogP contribution in [0, 0.1) is 0 Å². The first-order valence-corrected chi connectivity index (χ1v) is 5.56. The Morgan fingerprint density at radius 1 is 1.64 bits per heavy atom. The summed E-state index contributed by atoms with van der Waals surface area (Å²) in [6.07, 6.45) is 3.44. The minimum Gasteiger partial charge on any atom is -0.377 e. The molecule has 0 aromatic carbocycles. The first-order valence-electron chi connectivity index (χ1n) is 5.56. The third-order valence-corrected chi connectivity index (χ3v) is 2.86. The van der Waals surface area contributed by atoms with Crippen molar-refractivity contribution in [2.24, 2.45) is 0 Å². The van der Waals surface area contributed by atoms with E-state index >= 15 is 0 Å². The van der Waals surface area contributed by atoms with E-state index in [0.717, 1.165) is 39.3 Å². The average molecular weight is 196 g/mol. The van der Waals surface area contributed by atoms with Crippen molar-refractivity contribution in [3.05, 3.63) is 11.6 Å². The fraction of sp³-hybridized carbons (Fsp3) is 0.818. The number of nitrogens with zero attached hydrogens (tertiary/aromatic N) is 1. The average Bonchev–Trinajstić information content (AvgIpc) is 2.19. The Kier molecular flexibility index (Phi) is 3.56. The second kappa shape index (κ2) is 4.91. The van der Waals surface area contributed by atoms with Crippen molar-refractivity contribution in [3.8, 4) is 0 Å². The lowest BCUT2D eigenvalue weighted by molar-refractivity contribution is 0.137. The van der Waals surface area contributed by atoms with Crippen LogP contribution < -0.4 is 5.32 Å². The second-order valence-corrected chi connectivity index (χ2v) is 4.29. The zero-order chi connectivity index (χ0) is 9.80. The van der Waals surface area contributed by atoms with Crippen LogP contribution in [0.15, 0.2) is 11.6 Å². The highest BCUT2D eigenvalue weighted by Crippen LogP contribution is 2.09. The highest BCUT2D eigenvalue weighted by atomic mass is 16.5. The molecule has 1 N–H and O–H groups in total. The molecular formula is C11H20N2O. The van der Waals surface area contributed by atoms with E-state index in [-0.39, 0.29) is 0 Å². The summed E-state index contributed by atoms with van der Waals surface area (Å²) in [4.78, 5) is 2.52. The molecule has 2 aliphatic heterocycles. The molecule has 3 heteroatoms. The molecule has 0 aliphatic carbocycles. The summed E-state index contributed by atoms with van der Waals surface area (Å²) in [5.74, 6) is 0. The fourth-order valence-corrected chi connectivity index (χ4v) is 2.16. The SMILES string of the molecule is C[C@@H]1CN(CC2=CCCOC2)CCN1. The molecule has 0 aromatic heterocycles. The second-order valence-electron chi connectivity index (χ2n) is 4.29. The van der Waals surface area contributed by atoms with Crippen LogP contribution in [0.1, 0.15) is 13.3 Å². The lowest BCUT2D eigenvalue weighted by Gasteiger charge is -2.32. The van der Waals surface area contributed by atoms with Crippen molar-refractivity contribution in [1.82, 2.24) is 10.2 Å². The summed E-state index contributed by atoms with van der Waals surface area (Å²) < 4.78 is 5.44. The molecule has 2 rings (SSSR count). The smallest absolute Gasteiger partial charge is 0.0689 e. The van der Waals surface area contributed by atoms with Crippen molar-refractivity contribution < 1.29 is 4.74 Å². The largest absolute Gasteiger partial charge is 0.377 e. The first-order chi connectivity index (χ1) is 6.84. The molecule has 2 heterocycles. The van der Waals surface area contributed by atoms with Gasteiger partial charge in [-0.3, -0.25) is 4.90 Å². The van der Waals surface area contributed by atoms with E-state index in [1.807, 2.05) is 0 Å². The molecule has 0 radical (unpaired) electrons. The quantitative estimate of drug-likeness (QED) is 0.656. The van der Waals surface area contributed by atoms with Gasteiger partial charge in [-0.25, -0.2) is 0 Å². The molecule has 1 saturated heterocycles. The first kappa shape index (κ1) is 10.1. The molecule has 0 saturated carbocycles. The van der Waals surface area contributed by atoms with E-state index in [2.05, 4.69) is 23.2 Å². The lowest BCUT2D eigenvalue weighted by Crippen LogP contribution is -2.49. The van der Waals surface area contributed by atoms with Gasteiger partial charge in [0.05, 0.1) is 13.2 Å². The molecule has 1 atom stereocenters. The molecule has 0 bridgehead atoms. The number of ether oxygens (including phenoxy) is 1. The van der Waals surface area contributed by atoms with Crippen molar-refractivity contribution in [2.75, 3.05) is 39.4 Å². The number of hydrogen-bond acceptors (Lipinski definition) is 3. The van der Waals surface area contributed by atoms with Crippen molar-refractivity contribution >= 4 is 0 Å². The molecule has 1 fully saturated rings. The van der Waals surface area contributed by atoms with Crippen LogP contribution in [-0.2, 0) is 4.74 Å². The van der Waals surface area contributed by atoms with Crippen molar-refractivity contribution in [1.29, 1.82) is 0 Å². The summed E-state index contributed by atoms with van der Waals surface area (Å²) in [6, 6.07) is 0.633. The molecular weight excluding hydrogens is 176 g/mol. The Hall–Kier alpha value is -0.380. The van der Waals surface area contributed by atoms with Crippen molar-refractivity contribution in [3.63, 3.8) is 0 Å². The van der Waals surface area contributed by atoms with Crippen LogP contribution in [0.4, 0.5) is 0 Å². The highest BCUT2D eigenvalue weighted by Gasteiger charge is 2.16. The Bertz CT molecular complexity index is 215. The summed E-state index contributed by atoms with van der Waals surface area (Å²) in [6.45, 7) is 8.55. The summed E-state index contributed by atoms with van der Waals surface area (Å²) in [5.41, 5.74) is 1.46. The van der Waals surface area contributed by atoms with Gasteiger partial charge in [-0.15, -0.1) is 0 Å². The molecule has 14 heavy (non-hydrogen) atoms. The van der Waals surface area contributed by atoms with Crippen LogP contribution in [-0.4, -0.2) is 50.3 Å². The minimum absolute atomic E-state index is 0.633. The number of nitrogens with one attached hydrogen (secondary N) is 1. The van der Waals surface area contributed by atoms with Gasteiger partial charge in [0.2, 0.25) is 0 Å². The van der Waals surface area contributed by atoms with Gasteiger partial charge >= 0.3 is 0 Å². The van der Waals surface area contributed by atoms with Gasteiger partial charge in [-0.2, -0.15) is 0 Å². The fourth-order valence-electron chi connectivity index (χ4n) is 2.16. The predicted octanol–water partition coefficient (Wildman–Crippen LogP) is 0.627. The third-order valence-electron chi connectivity index (χ3n) is 2.86. The topological polar surface area (TPSA) is 24.5 Å². The van der Waals surface area contributed by atoms with Gasteiger partial charge in [0.15, 0.2) is 0 Å². The van der Waals surface area contributed by atoms with Crippen LogP contribution >= 0.6 is 0 Å². The molecule has 0 unspecified atom stereocenters. The van der Waals surface area contributed by atoms with Gasteiger partial charge in [0, 0.05) is 32.2 Å². The van der Waals surface area contributed by atoms with E-state index in [9.17, 15) is 0 Å². The van der Waals surface area contributed by atoms with Crippen LogP contribution in [0.3, 0.4) is 0 Å². The number of piperazine rings is 1. The zero-order valence-corrected chi connectivity index (χ0v) is 8.96. The van der Waals surface area contributed by atoms with Gasteiger partial charge in [0.1, 0.15) is 0 Å². The molecule has 0 amide bonds. The van der Waals surface area contributed by atoms with E-state index < -0.39 is 0 Å². The number of rotatable bonds is 2. The Morgan fingerprint density at radius 3 is 3.29 bits per heavy atom. The maximum Gasteiger partial charge on any atom is 0.0689 e. The Labute approximate surface area is 86.1 Å². The van der Waals surface area contributed by atoms with E-state index in [0.29, 0.717) is 6.04 Å². The minimum atomic E-state index is 0.633. The normalized spacial score (nSPS) is 30.1. The van der Waals surface area contributed by atoms with Gasteiger partial charge < -0.3 is 10.1 Å². The van der Waals surface area contributed by atoms with Gasteiger partial charge in [0.25, 0.3) is 0 Å². The highest BCUT2D eigenvalue weighted by molar-refractivity contribution is 5.07. The standard InChI is InChI=1S/C11H20N2O/c1-10-7-13(5-4-12-10)8-11-3-2-6-14-9-11/h3,10,12H,2,4-9H2,1H3/t10-/m1/s1. The summed E-state index contributed by atoms with van der Waals surface area (Å²) in [7, 11) is 0. The summed E-state index contributed by atoms with van der Waals surface area (Å²) in [5, 5.41) is 3.46. The molecule has 3 nitrogen and oxygen atoms in total. The van der Waals surface area contributed by atoms with Gasteiger partial charge in [-0.1, -0.05) is 6.08 Å². The molecule has 0 spiro atoms. The maximum atomic E-state index is 5.44. The molecule has 2 aliphatic rings. The monoisotopic (exact) mass is 196 g/mol. The summed E-state index contributed by atoms with van der Waals surface area (Å²) >= 11 is 0. The molecule has 0 aromatic rings. The van der Waals surface area contributed by atoms with E-state index in [1.54, 1.807) is 0 Å². The van der Waals surface area contributed by atoms with E-state index in [4.69, 9.17) is 4.74 Å². The lowest BCUT2D eigenvalue weighted by atomic mass is 10.1.